The first-order valence-electron chi connectivity index (χ1n) is 14.1. The second kappa shape index (κ2) is 10.5. The summed E-state index contributed by atoms with van der Waals surface area (Å²) < 4.78 is 25.5. The number of esters is 3. The molecule has 2 aromatic rings. The largest absolute Gasteiger partial charge is 0.462 e. The Bertz CT molecular complexity index is 1290. The average molecular weight is 547 g/mol. The highest BCUT2D eigenvalue weighted by Crippen LogP contribution is 2.67. The summed E-state index contributed by atoms with van der Waals surface area (Å²) in [6.45, 7) is 9.43. The number of carbonyl (C=O) groups is 3. The average Bonchev–Trinajstić information content (AvgIpc) is 3.10. The lowest BCUT2D eigenvalue weighted by Crippen LogP contribution is -2.73. The van der Waals surface area contributed by atoms with Crippen LogP contribution in [0.5, 0.6) is 0 Å². The molecule has 7 heteroatoms. The van der Waals surface area contributed by atoms with Crippen molar-refractivity contribution in [2.45, 2.75) is 83.4 Å². The van der Waals surface area contributed by atoms with Crippen LogP contribution in [0.15, 0.2) is 66.7 Å². The summed E-state index contributed by atoms with van der Waals surface area (Å²) in [7, 11) is 0. The summed E-state index contributed by atoms with van der Waals surface area (Å²) in [5.74, 6) is -1.64. The molecule has 2 aromatic carbocycles. The summed E-state index contributed by atoms with van der Waals surface area (Å²) in [6.07, 6.45) is 3.00. The van der Waals surface area contributed by atoms with E-state index < -0.39 is 52.8 Å². The lowest BCUT2D eigenvalue weighted by Gasteiger charge is -2.61. The van der Waals surface area contributed by atoms with Gasteiger partial charge in [-0.2, -0.15) is 0 Å². The van der Waals surface area contributed by atoms with Crippen molar-refractivity contribution in [2.24, 2.45) is 17.3 Å². The minimum absolute atomic E-state index is 0.0669. The molecule has 1 heterocycles. The third kappa shape index (κ3) is 4.64. The Morgan fingerprint density at radius 2 is 1.52 bits per heavy atom. The fraction of sp³-hybridized carbons (Fsp3) is 0.485. The van der Waals surface area contributed by atoms with Gasteiger partial charge in [-0.25, -0.2) is 9.59 Å². The van der Waals surface area contributed by atoms with Crippen LogP contribution < -0.4 is 0 Å². The summed E-state index contributed by atoms with van der Waals surface area (Å²) >= 11 is 0. The van der Waals surface area contributed by atoms with Gasteiger partial charge in [0.1, 0.15) is 23.9 Å². The Morgan fingerprint density at radius 3 is 2.17 bits per heavy atom. The molecule has 212 valence electrons. The quantitative estimate of drug-likeness (QED) is 0.258. The van der Waals surface area contributed by atoms with Crippen LogP contribution in [0.1, 0.15) is 69.8 Å². The molecule has 0 aromatic heterocycles. The first kappa shape index (κ1) is 28.1. The van der Waals surface area contributed by atoms with Gasteiger partial charge >= 0.3 is 17.9 Å². The molecular weight excluding hydrogens is 508 g/mol. The number of ether oxygens (including phenoxy) is 4. The van der Waals surface area contributed by atoms with Crippen molar-refractivity contribution in [2.75, 3.05) is 0 Å². The van der Waals surface area contributed by atoms with Crippen molar-refractivity contribution in [1.82, 2.24) is 0 Å². The highest BCUT2D eigenvalue weighted by molar-refractivity contribution is 5.89. The molecular formula is C33H38O7. The molecule has 40 heavy (non-hydrogen) atoms. The lowest BCUT2D eigenvalue weighted by molar-refractivity contribution is -0.285. The number of carbonyl (C=O) groups excluding carboxylic acids is 3. The Morgan fingerprint density at radius 1 is 0.875 bits per heavy atom. The van der Waals surface area contributed by atoms with Gasteiger partial charge in [-0.3, -0.25) is 4.79 Å². The van der Waals surface area contributed by atoms with Crippen LogP contribution in [0.4, 0.5) is 0 Å². The van der Waals surface area contributed by atoms with E-state index in [0.29, 0.717) is 24.8 Å². The van der Waals surface area contributed by atoms with Gasteiger partial charge in [0.15, 0.2) is 0 Å². The van der Waals surface area contributed by atoms with Crippen LogP contribution in [0.3, 0.4) is 0 Å². The molecule has 2 bridgehead atoms. The molecule has 1 spiro atoms. The number of hydrogen-bond acceptors (Lipinski definition) is 7. The summed E-state index contributed by atoms with van der Waals surface area (Å²) in [5, 5.41) is 0. The normalized spacial score (nSPS) is 34.1. The summed E-state index contributed by atoms with van der Waals surface area (Å²) in [6, 6.07) is 18.4. The van der Waals surface area contributed by atoms with Crippen molar-refractivity contribution in [3.63, 3.8) is 0 Å². The molecule has 0 N–H and O–H groups in total. The Labute approximate surface area is 235 Å². The van der Waals surface area contributed by atoms with E-state index >= 15 is 0 Å². The third-order valence-corrected chi connectivity index (χ3v) is 9.38. The maximum Gasteiger partial charge on any atom is 0.338 e. The van der Waals surface area contributed by atoms with Gasteiger partial charge in [-0.15, -0.1) is 0 Å². The zero-order chi connectivity index (χ0) is 28.7. The van der Waals surface area contributed by atoms with Crippen LogP contribution >= 0.6 is 0 Å². The van der Waals surface area contributed by atoms with Crippen molar-refractivity contribution in [3.8, 4) is 0 Å². The fourth-order valence-corrected chi connectivity index (χ4v) is 7.46. The first-order chi connectivity index (χ1) is 19.0. The Kier molecular flexibility index (Phi) is 7.38. The van der Waals surface area contributed by atoms with Crippen LogP contribution in [0.2, 0.25) is 0 Å². The van der Waals surface area contributed by atoms with Crippen molar-refractivity contribution < 1.29 is 33.3 Å². The molecule has 7 nitrogen and oxygen atoms in total. The monoisotopic (exact) mass is 546 g/mol. The minimum atomic E-state index is -1.05. The smallest absolute Gasteiger partial charge is 0.338 e. The number of benzene rings is 2. The second-order valence-corrected chi connectivity index (χ2v) is 12.1. The minimum Gasteiger partial charge on any atom is -0.462 e. The van der Waals surface area contributed by atoms with Crippen molar-refractivity contribution in [1.29, 1.82) is 0 Å². The zero-order valence-corrected chi connectivity index (χ0v) is 23.8. The molecule has 1 saturated heterocycles. The van der Waals surface area contributed by atoms with Gasteiger partial charge in [0, 0.05) is 18.9 Å². The zero-order valence-electron chi connectivity index (χ0n) is 23.8. The highest BCUT2D eigenvalue weighted by atomic mass is 16.6. The molecule has 7 atom stereocenters. The molecule has 7 unspecified atom stereocenters. The van der Waals surface area contributed by atoms with Gasteiger partial charge < -0.3 is 18.9 Å². The van der Waals surface area contributed by atoms with E-state index in [4.69, 9.17) is 18.9 Å². The van der Waals surface area contributed by atoms with Gasteiger partial charge in [0.05, 0.1) is 16.6 Å². The van der Waals surface area contributed by atoms with E-state index in [2.05, 4.69) is 6.92 Å². The van der Waals surface area contributed by atoms with E-state index in [-0.39, 0.29) is 11.8 Å². The highest BCUT2D eigenvalue weighted by Gasteiger charge is 2.79. The van der Waals surface area contributed by atoms with Crippen molar-refractivity contribution >= 4 is 24.0 Å². The standard InChI is InChI=1S/C33H38O7/c1-21-16-18-26(37-22(2)34)32(5)27(38-30(36)24-14-10-7-11-15-24)20-25-29(33(21,32)40-31(25,3)4)39-28(35)19-17-23-12-8-6-9-13-23/h6-15,17,19,21,25-27,29H,16,18,20H2,1-5H3. The fourth-order valence-electron chi connectivity index (χ4n) is 7.46. The number of rotatable bonds is 6. The van der Waals surface area contributed by atoms with Gasteiger partial charge in [0.2, 0.25) is 0 Å². The second-order valence-electron chi connectivity index (χ2n) is 12.1. The molecule has 5 rings (SSSR count). The number of hydrogen-bond donors (Lipinski definition) is 0. The van der Waals surface area contributed by atoms with Gasteiger partial charge in [-0.1, -0.05) is 55.5 Å². The third-order valence-electron chi connectivity index (χ3n) is 9.38. The Balaban J connectivity index is 1.55. The predicted octanol–water partition coefficient (Wildman–Crippen LogP) is 5.77. The van der Waals surface area contributed by atoms with Crippen LogP contribution in [-0.4, -0.2) is 47.4 Å². The van der Waals surface area contributed by atoms with Gasteiger partial charge in [0.25, 0.3) is 0 Å². The summed E-state index contributed by atoms with van der Waals surface area (Å²) in [4.78, 5) is 38.9. The van der Waals surface area contributed by atoms with Crippen molar-refractivity contribution in [3.05, 3.63) is 77.9 Å². The molecule has 3 aliphatic rings. The molecule has 0 amide bonds. The lowest BCUT2D eigenvalue weighted by atomic mass is 9.49. The van der Waals surface area contributed by atoms with E-state index in [1.165, 1.54) is 13.0 Å². The number of fused-ring (bicyclic) bond motifs is 1. The molecule has 1 aliphatic heterocycles. The SMILES string of the molecule is CC(=O)OC1CCC(C)C23OC(C)(C)C(CC(OC(=O)c4ccccc4)C12C)C3OC(=O)C=Cc1ccccc1. The van der Waals surface area contributed by atoms with Crippen LogP contribution in [0, 0.1) is 17.3 Å². The summed E-state index contributed by atoms with van der Waals surface area (Å²) in [5.41, 5.74) is -1.37. The van der Waals surface area contributed by atoms with E-state index in [1.54, 1.807) is 30.3 Å². The van der Waals surface area contributed by atoms with Gasteiger partial charge in [-0.05, 0) is 69.7 Å². The molecule has 0 radical (unpaired) electrons. The topological polar surface area (TPSA) is 88.1 Å². The molecule has 2 aliphatic carbocycles. The molecule has 3 fully saturated rings. The first-order valence-corrected chi connectivity index (χ1v) is 14.1. The predicted molar refractivity (Wildman–Crippen MR) is 149 cm³/mol. The van der Waals surface area contributed by atoms with Crippen LogP contribution in [-0.2, 0) is 28.5 Å². The van der Waals surface area contributed by atoms with E-state index in [9.17, 15) is 14.4 Å². The van der Waals surface area contributed by atoms with E-state index in [0.717, 1.165) is 5.56 Å². The maximum atomic E-state index is 13.3. The van der Waals surface area contributed by atoms with E-state index in [1.807, 2.05) is 57.2 Å². The van der Waals surface area contributed by atoms with Crippen LogP contribution in [0.25, 0.3) is 6.08 Å². The molecule has 2 saturated carbocycles. The maximum absolute atomic E-state index is 13.3. The Hall–Kier alpha value is -3.45.